The van der Waals surface area contributed by atoms with Gasteiger partial charge in [0.25, 0.3) is 0 Å². The molecule has 0 amide bonds. The summed E-state index contributed by atoms with van der Waals surface area (Å²) in [6.07, 6.45) is 0. The lowest BCUT2D eigenvalue weighted by Gasteiger charge is -2.01. The number of benzene rings is 1. The number of hydrogen-bond donors (Lipinski definition) is 2. The molecule has 0 bridgehead atoms. The van der Waals surface area contributed by atoms with E-state index in [1.165, 1.54) is 0 Å². The van der Waals surface area contributed by atoms with Gasteiger partial charge in [0.05, 0.1) is 11.4 Å². The Hall–Kier alpha value is -1.13. The highest BCUT2D eigenvalue weighted by atomic mass is 35.5. The van der Waals surface area contributed by atoms with Gasteiger partial charge < -0.3 is 10.1 Å². The predicted octanol–water partition coefficient (Wildman–Crippen LogP) is 4.18. The van der Waals surface area contributed by atoms with Crippen molar-refractivity contribution in [2.24, 2.45) is 0 Å². The van der Waals surface area contributed by atoms with Gasteiger partial charge >= 0.3 is 0 Å². The van der Waals surface area contributed by atoms with Crippen molar-refractivity contribution >= 4 is 23.4 Å². The summed E-state index contributed by atoms with van der Waals surface area (Å²) in [7, 11) is 0. The molecule has 0 radical (unpaired) electrons. The Kier molecular flexibility index (Phi) is 4.19. The van der Waals surface area contributed by atoms with E-state index in [0.29, 0.717) is 5.75 Å². The van der Waals surface area contributed by atoms with Crippen LogP contribution in [0.5, 0.6) is 5.88 Å². The van der Waals surface area contributed by atoms with Crippen molar-refractivity contribution < 1.29 is 5.11 Å². The molecule has 0 atom stereocenters. The van der Waals surface area contributed by atoms with Crippen molar-refractivity contribution in [3.05, 3.63) is 40.8 Å². The fourth-order valence-electron chi connectivity index (χ4n) is 1.61. The second-order valence-corrected chi connectivity index (χ2v) is 5.81. The fraction of sp³-hybridized carbons (Fsp3) is 0.308. The zero-order valence-corrected chi connectivity index (χ0v) is 11.8. The maximum atomic E-state index is 9.67. The molecule has 0 unspecified atom stereocenters. The molecule has 1 aromatic carbocycles. The lowest BCUT2D eigenvalue weighted by atomic mass is 10.1. The lowest BCUT2D eigenvalue weighted by Crippen LogP contribution is -1.88. The van der Waals surface area contributed by atoms with E-state index >= 15 is 0 Å². The van der Waals surface area contributed by atoms with E-state index in [4.69, 9.17) is 11.6 Å². The largest absolute Gasteiger partial charge is 0.492 e. The fourth-order valence-corrected chi connectivity index (χ4v) is 2.69. The summed E-state index contributed by atoms with van der Waals surface area (Å²) in [5.74, 6) is 1.80. The number of H-pyrrole nitrogens is 1. The summed E-state index contributed by atoms with van der Waals surface area (Å²) in [4.78, 5) is 8.35. The van der Waals surface area contributed by atoms with Crippen LogP contribution in [0, 0.1) is 0 Å². The molecule has 2 aromatic rings. The first kappa shape index (κ1) is 13.3. The monoisotopic (exact) mass is 282 g/mol. The zero-order valence-electron chi connectivity index (χ0n) is 10.3. The molecule has 96 valence electrons. The van der Waals surface area contributed by atoms with Gasteiger partial charge in [-0.15, -0.1) is 11.8 Å². The maximum Gasteiger partial charge on any atom is 0.232 e. The van der Waals surface area contributed by atoms with Crippen LogP contribution in [0.2, 0.25) is 5.02 Å². The lowest BCUT2D eigenvalue weighted by molar-refractivity contribution is 0.445. The SMILES string of the molecule is CC(C)c1[nH]c(CSc2cccc(Cl)c2)nc1O. The number of nitrogens with one attached hydrogen (secondary N) is 1. The minimum Gasteiger partial charge on any atom is -0.492 e. The van der Waals surface area contributed by atoms with Crippen molar-refractivity contribution in [3.63, 3.8) is 0 Å². The summed E-state index contributed by atoms with van der Waals surface area (Å²) in [5.41, 5.74) is 0.789. The van der Waals surface area contributed by atoms with E-state index in [-0.39, 0.29) is 11.8 Å². The standard InChI is InChI=1S/C13H15ClN2OS/c1-8(2)12-13(17)16-11(15-12)7-18-10-5-3-4-9(14)6-10/h3-6,8,17H,7H2,1-2H3,(H,15,16). The number of aromatic nitrogens is 2. The van der Waals surface area contributed by atoms with Crippen LogP contribution in [-0.4, -0.2) is 15.1 Å². The van der Waals surface area contributed by atoms with E-state index in [1.807, 2.05) is 38.1 Å². The molecular formula is C13H15ClN2OS. The molecule has 1 aromatic heterocycles. The van der Waals surface area contributed by atoms with Crippen molar-refractivity contribution in [1.82, 2.24) is 9.97 Å². The van der Waals surface area contributed by atoms with Gasteiger partial charge in [-0.05, 0) is 24.1 Å². The number of thioether (sulfide) groups is 1. The maximum absolute atomic E-state index is 9.67. The smallest absolute Gasteiger partial charge is 0.232 e. The molecule has 18 heavy (non-hydrogen) atoms. The van der Waals surface area contributed by atoms with Crippen LogP contribution in [0.1, 0.15) is 31.3 Å². The van der Waals surface area contributed by atoms with Gasteiger partial charge in [0.2, 0.25) is 5.88 Å². The topological polar surface area (TPSA) is 48.9 Å². The average Bonchev–Trinajstić information content (AvgIpc) is 2.68. The highest BCUT2D eigenvalue weighted by Gasteiger charge is 2.12. The van der Waals surface area contributed by atoms with Crippen molar-refractivity contribution in [2.45, 2.75) is 30.4 Å². The Morgan fingerprint density at radius 2 is 2.22 bits per heavy atom. The van der Waals surface area contributed by atoms with Crippen LogP contribution >= 0.6 is 23.4 Å². The summed E-state index contributed by atoms with van der Waals surface area (Å²) < 4.78 is 0. The second-order valence-electron chi connectivity index (χ2n) is 4.32. The van der Waals surface area contributed by atoms with Crippen molar-refractivity contribution in [1.29, 1.82) is 0 Å². The Balaban J connectivity index is 2.04. The molecule has 0 aliphatic heterocycles. The number of aromatic amines is 1. The van der Waals surface area contributed by atoms with Gasteiger partial charge in [0, 0.05) is 9.92 Å². The summed E-state index contributed by atoms with van der Waals surface area (Å²) >= 11 is 7.55. The van der Waals surface area contributed by atoms with E-state index in [2.05, 4.69) is 9.97 Å². The Morgan fingerprint density at radius 3 is 2.83 bits per heavy atom. The van der Waals surface area contributed by atoms with E-state index in [0.717, 1.165) is 21.4 Å². The van der Waals surface area contributed by atoms with E-state index < -0.39 is 0 Å². The Bertz CT molecular complexity index is 540. The first-order valence-electron chi connectivity index (χ1n) is 5.72. The van der Waals surface area contributed by atoms with Crippen LogP contribution < -0.4 is 0 Å². The first-order valence-corrected chi connectivity index (χ1v) is 7.08. The van der Waals surface area contributed by atoms with Crippen LogP contribution in [0.25, 0.3) is 0 Å². The van der Waals surface area contributed by atoms with Gasteiger partial charge in [-0.25, -0.2) is 0 Å². The predicted molar refractivity (Wildman–Crippen MR) is 75.4 cm³/mol. The summed E-state index contributed by atoms with van der Waals surface area (Å²) in [6.45, 7) is 4.03. The molecule has 0 fully saturated rings. The van der Waals surface area contributed by atoms with Gasteiger partial charge in [-0.1, -0.05) is 31.5 Å². The molecule has 5 heteroatoms. The van der Waals surface area contributed by atoms with Gasteiger partial charge in [-0.2, -0.15) is 4.98 Å². The molecule has 2 N–H and O–H groups in total. The number of aromatic hydroxyl groups is 1. The molecule has 3 nitrogen and oxygen atoms in total. The number of nitrogens with zero attached hydrogens (tertiary/aromatic N) is 1. The molecule has 0 saturated heterocycles. The molecule has 1 heterocycles. The van der Waals surface area contributed by atoms with Crippen LogP contribution in [0.4, 0.5) is 0 Å². The van der Waals surface area contributed by atoms with Gasteiger partial charge in [0.1, 0.15) is 5.82 Å². The van der Waals surface area contributed by atoms with Crippen LogP contribution in [-0.2, 0) is 5.75 Å². The molecule has 0 spiro atoms. The third kappa shape index (κ3) is 3.21. The third-order valence-corrected chi connectivity index (χ3v) is 3.75. The number of halogens is 1. The van der Waals surface area contributed by atoms with Gasteiger partial charge in [-0.3, -0.25) is 0 Å². The Labute approximate surface area is 116 Å². The number of rotatable bonds is 4. The van der Waals surface area contributed by atoms with Crippen LogP contribution in [0.15, 0.2) is 29.2 Å². The van der Waals surface area contributed by atoms with E-state index in [1.54, 1.807) is 11.8 Å². The quantitative estimate of drug-likeness (QED) is 0.827. The minimum absolute atomic E-state index is 0.103. The zero-order chi connectivity index (χ0) is 13.1. The first-order chi connectivity index (χ1) is 8.56. The highest BCUT2D eigenvalue weighted by Crippen LogP contribution is 2.27. The third-order valence-electron chi connectivity index (χ3n) is 2.51. The molecular weight excluding hydrogens is 268 g/mol. The molecule has 0 saturated carbocycles. The second kappa shape index (κ2) is 5.67. The Morgan fingerprint density at radius 1 is 1.44 bits per heavy atom. The molecule has 0 aliphatic carbocycles. The van der Waals surface area contributed by atoms with Crippen molar-refractivity contribution in [2.75, 3.05) is 0 Å². The molecule has 2 rings (SSSR count). The summed E-state index contributed by atoms with van der Waals surface area (Å²) in [6, 6.07) is 7.69. The molecule has 0 aliphatic rings. The average molecular weight is 283 g/mol. The van der Waals surface area contributed by atoms with Crippen LogP contribution in [0.3, 0.4) is 0 Å². The highest BCUT2D eigenvalue weighted by molar-refractivity contribution is 7.98. The number of hydrogen-bond acceptors (Lipinski definition) is 3. The number of imidazole rings is 1. The normalized spacial score (nSPS) is 11.1. The summed E-state index contributed by atoms with van der Waals surface area (Å²) in [5, 5.41) is 10.4. The van der Waals surface area contributed by atoms with E-state index in [9.17, 15) is 5.11 Å². The van der Waals surface area contributed by atoms with Crippen molar-refractivity contribution in [3.8, 4) is 5.88 Å². The minimum atomic E-state index is 0.103. The van der Waals surface area contributed by atoms with Gasteiger partial charge in [0.15, 0.2) is 0 Å².